The number of rotatable bonds is 2. The van der Waals surface area contributed by atoms with Crippen molar-refractivity contribution < 1.29 is 4.39 Å². The summed E-state index contributed by atoms with van der Waals surface area (Å²) in [5.41, 5.74) is 0. The van der Waals surface area contributed by atoms with Crippen LogP contribution in [-0.4, -0.2) is 12.8 Å². The Balaban J connectivity index is 2.56. The van der Waals surface area contributed by atoms with Gasteiger partial charge in [-0.1, -0.05) is 6.92 Å². The second-order valence-corrected chi connectivity index (χ2v) is 3.11. The van der Waals surface area contributed by atoms with E-state index in [1.54, 1.807) is 7.05 Å². The molecule has 0 aliphatic heterocycles. The summed E-state index contributed by atoms with van der Waals surface area (Å²) >= 11 is 0. The maximum absolute atomic E-state index is 13.6. The molecule has 1 fully saturated rings. The molecule has 0 aromatic heterocycles. The lowest BCUT2D eigenvalue weighted by molar-refractivity contribution is 0.0749. The Hall–Kier alpha value is -0.110. The Morgan fingerprint density at radius 3 is 2.80 bits per heavy atom. The minimum Gasteiger partial charge on any atom is -0.288 e. The van der Waals surface area contributed by atoms with Crippen LogP contribution in [0.4, 0.5) is 4.39 Å². The standard InChI is InChI=1S/C8H16FN/c1-3-7-5-4-6-8(7,9)10-2/h7,10H,3-6H2,1-2H3. The molecule has 2 heteroatoms. The second kappa shape index (κ2) is 2.87. The predicted octanol–water partition coefficient (Wildman–Crippen LogP) is 2.08. The van der Waals surface area contributed by atoms with Crippen LogP contribution in [0, 0.1) is 5.92 Å². The molecule has 0 aromatic carbocycles. The van der Waals surface area contributed by atoms with Crippen molar-refractivity contribution in [3.8, 4) is 0 Å². The molecule has 1 aliphatic carbocycles. The van der Waals surface area contributed by atoms with Crippen molar-refractivity contribution in [3.05, 3.63) is 0 Å². The van der Waals surface area contributed by atoms with Crippen molar-refractivity contribution in [2.75, 3.05) is 7.05 Å². The van der Waals surface area contributed by atoms with Crippen molar-refractivity contribution in [2.45, 2.75) is 38.4 Å². The molecule has 1 nitrogen and oxygen atoms in total. The van der Waals surface area contributed by atoms with Gasteiger partial charge in [0.1, 0.15) is 0 Å². The van der Waals surface area contributed by atoms with Crippen LogP contribution in [0.3, 0.4) is 0 Å². The summed E-state index contributed by atoms with van der Waals surface area (Å²) in [5.74, 6) is -0.799. The van der Waals surface area contributed by atoms with Gasteiger partial charge >= 0.3 is 0 Å². The lowest BCUT2D eigenvalue weighted by Gasteiger charge is -2.25. The highest BCUT2D eigenvalue weighted by Gasteiger charge is 2.40. The first-order valence-corrected chi connectivity index (χ1v) is 4.10. The van der Waals surface area contributed by atoms with E-state index in [0.717, 1.165) is 19.3 Å². The van der Waals surface area contributed by atoms with Crippen molar-refractivity contribution in [3.63, 3.8) is 0 Å². The van der Waals surface area contributed by atoms with Gasteiger partial charge in [-0.2, -0.15) is 0 Å². The molecule has 10 heavy (non-hydrogen) atoms. The van der Waals surface area contributed by atoms with E-state index in [1.807, 2.05) is 0 Å². The van der Waals surface area contributed by atoms with Gasteiger partial charge in [0.25, 0.3) is 0 Å². The van der Waals surface area contributed by atoms with Crippen LogP contribution < -0.4 is 5.32 Å². The molecule has 1 N–H and O–H groups in total. The first kappa shape index (κ1) is 7.99. The molecule has 60 valence electrons. The molecule has 1 saturated carbocycles. The van der Waals surface area contributed by atoms with E-state index in [0.29, 0.717) is 6.42 Å². The topological polar surface area (TPSA) is 12.0 Å². The third kappa shape index (κ3) is 1.17. The summed E-state index contributed by atoms with van der Waals surface area (Å²) in [7, 11) is 1.72. The van der Waals surface area contributed by atoms with Crippen molar-refractivity contribution in [1.82, 2.24) is 5.32 Å². The monoisotopic (exact) mass is 145 g/mol. The Morgan fingerprint density at radius 1 is 1.70 bits per heavy atom. The van der Waals surface area contributed by atoms with Gasteiger partial charge in [-0.15, -0.1) is 0 Å². The number of nitrogens with one attached hydrogen (secondary N) is 1. The molecule has 0 saturated heterocycles. The molecule has 1 rings (SSSR count). The van der Waals surface area contributed by atoms with Gasteiger partial charge in [0, 0.05) is 5.92 Å². The van der Waals surface area contributed by atoms with E-state index in [1.165, 1.54) is 0 Å². The first-order valence-electron chi connectivity index (χ1n) is 4.10. The zero-order valence-corrected chi connectivity index (χ0v) is 6.78. The third-order valence-electron chi connectivity index (χ3n) is 2.65. The van der Waals surface area contributed by atoms with Crippen LogP contribution in [0.15, 0.2) is 0 Å². The van der Waals surface area contributed by atoms with Crippen LogP contribution >= 0.6 is 0 Å². The van der Waals surface area contributed by atoms with Gasteiger partial charge in [0.15, 0.2) is 5.79 Å². The number of hydrogen-bond donors (Lipinski definition) is 1. The largest absolute Gasteiger partial charge is 0.288 e. The summed E-state index contributed by atoms with van der Waals surface area (Å²) in [6.07, 6.45) is 3.74. The van der Waals surface area contributed by atoms with Gasteiger partial charge in [-0.25, -0.2) is 4.39 Å². The van der Waals surface area contributed by atoms with E-state index in [-0.39, 0.29) is 5.92 Å². The summed E-state index contributed by atoms with van der Waals surface area (Å²) in [6.45, 7) is 2.06. The van der Waals surface area contributed by atoms with Crippen LogP contribution in [0.2, 0.25) is 0 Å². The maximum Gasteiger partial charge on any atom is 0.164 e. The zero-order chi connectivity index (χ0) is 7.61. The molecular weight excluding hydrogens is 129 g/mol. The van der Waals surface area contributed by atoms with Gasteiger partial charge in [0.2, 0.25) is 0 Å². The smallest absolute Gasteiger partial charge is 0.164 e. The average molecular weight is 145 g/mol. The normalized spacial score (nSPS) is 40.5. The average Bonchev–Trinajstić information content (AvgIpc) is 2.32. The molecule has 0 aromatic rings. The Kier molecular flexibility index (Phi) is 2.29. The third-order valence-corrected chi connectivity index (χ3v) is 2.65. The molecule has 0 heterocycles. The second-order valence-electron chi connectivity index (χ2n) is 3.11. The fourth-order valence-corrected chi connectivity index (χ4v) is 1.90. The number of halogens is 1. The van der Waals surface area contributed by atoms with Crippen molar-refractivity contribution in [1.29, 1.82) is 0 Å². The zero-order valence-electron chi connectivity index (χ0n) is 6.78. The molecule has 0 amide bonds. The Bertz CT molecular complexity index is 116. The van der Waals surface area contributed by atoms with E-state index >= 15 is 0 Å². The fourth-order valence-electron chi connectivity index (χ4n) is 1.90. The lowest BCUT2D eigenvalue weighted by Crippen LogP contribution is -2.41. The highest BCUT2D eigenvalue weighted by atomic mass is 19.1. The number of hydrogen-bond acceptors (Lipinski definition) is 1. The van der Waals surface area contributed by atoms with E-state index in [9.17, 15) is 4.39 Å². The maximum atomic E-state index is 13.6. The first-order chi connectivity index (χ1) is 4.73. The SMILES string of the molecule is CCC1CCCC1(F)NC. The minimum absolute atomic E-state index is 0.248. The van der Waals surface area contributed by atoms with E-state index < -0.39 is 5.79 Å². The number of alkyl halides is 1. The van der Waals surface area contributed by atoms with Crippen LogP contribution in [0.1, 0.15) is 32.6 Å². The summed E-state index contributed by atoms with van der Waals surface area (Å²) in [5, 5.41) is 2.77. The molecule has 1 aliphatic rings. The fraction of sp³-hybridized carbons (Fsp3) is 1.00. The highest BCUT2D eigenvalue weighted by Crippen LogP contribution is 2.38. The summed E-state index contributed by atoms with van der Waals surface area (Å²) in [4.78, 5) is 0. The van der Waals surface area contributed by atoms with E-state index in [2.05, 4.69) is 12.2 Å². The van der Waals surface area contributed by atoms with E-state index in [4.69, 9.17) is 0 Å². The Labute approximate surface area is 62.0 Å². The highest BCUT2D eigenvalue weighted by molar-refractivity contribution is 4.88. The summed E-state index contributed by atoms with van der Waals surface area (Å²) in [6, 6.07) is 0. The molecule has 0 bridgehead atoms. The predicted molar refractivity (Wildman–Crippen MR) is 40.5 cm³/mol. The van der Waals surface area contributed by atoms with Gasteiger partial charge < -0.3 is 0 Å². The van der Waals surface area contributed by atoms with Gasteiger partial charge in [-0.3, -0.25) is 5.32 Å². The molecule has 2 unspecified atom stereocenters. The van der Waals surface area contributed by atoms with Gasteiger partial charge in [-0.05, 0) is 32.7 Å². The molecule has 2 atom stereocenters. The molecule has 0 radical (unpaired) electrons. The van der Waals surface area contributed by atoms with Crippen molar-refractivity contribution in [2.24, 2.45) is 5.92 Å². The quantitative estimate of drug-likeness (QED) is 0.587. The van der Waals surface area contributed by atoms with Crippen LogP contribution in [0.5, 0.6) is 0 Å². The van der Waals surface area contributed by atoms with Crippen LogP contribution in [0.25, 0.3) is 0 Å². The van der Waals surface area contributed by atoms with Crippen LogP contribution in [-0.2, 0) is 0 Å². The summed E-state index contributed by atoms with van der Waals surface area (Å²) < 4.78 is 13.6. The van der Waals surface area contributed by atoms with Gasteiger partial charge in [0.05, 0.1) is 0 Å². The molecule has 0 spiro atoms. The lowest BCUT2D eigenvalue weighted by atomic mass is 9.98. The Morgan fingerprint density at radius 2 is 2.40 bits per heavy atom. The molecular formula is C8H16FN. The van der Waals surface area contributed by atoms with Crippen molar-refractivity contribution >= 4 is 0 Å². The minimum atomic E-state index is -1.05.